The molecule has 1 aromatic carbocycles. The molecule has 0 saturated carbocycles. The maximum atomic E-state index is 13.0. The van der Waals surface area contributed by atoms with Gasteiger partial charge in [0.25, 0.3) is 0 Å². The summed E-state index contributed by atoms with van der Waals surface area (Å²) in [5.74, 6) is -0.0531. The second-order valence-corrected chi connectivity index (χ2v) is 8.09. The first-order chi connectivity index (χ1) is 11.8. The molecule has 0 aliphatic carbocycles. The fourth-order valence-corrected chi connectivity index (χ4v) is 5.19. The van der Waals surface area contributed by atoms with Gasteiger partial charge in [-0.15, -0.1) is 6.58 Å². The predicted molar refractivity (Wildman–Crippen MR) is 97.1 cm³/mol. The highest BCUT2D eigenvalue weighted by atomic mass is 16.2. The van der Waals surface area contributed by atoms with Gasteiger partial charge in [-0.25, -0.2) is 0 Å². The molecule has 4 rings (SSSR count). The van der Waals surface area contributed by atoms with Gasteiger partial charge in [-0.3, -0.25) is 9.59 Å². The standard InChI is InChI=1S/C20H25N3O2/c1-6-19(3,4)20-11-15-16(24)21-12(2)17(25)23(15)18(20)22(5)14-10-8-7-9-13(14)20/h6-10,12,15,18H,1,11H2,2-5H3,(H,21,24)/t12-,15+,18+,20-/m1/s1. The van der Waals surface area contributed by atoms with Crippen LogP contribution >= 0.6 is 0 Å². The predicted octanol–water partition coefficient (Wildman–Crippen LogP) is 2.03. The SMILES string of the molecule is C=CC(C)(C)[C@@]12C[C@H]3C(=O)N[C@H](C)C(=O)N3[C@@H]1N(C)c1ccccc12. The maximum Gasteiger partial charge on any atom is 0.247 e. The van der Waals surface area contributed by atoms with Gasteiger partial charge in [0.1, 0.15) is 18.2 Å². The Morgan fingerprint density at radius 1 is 1.32 bits per heavy atom. The van der Waals surface area contributed by atoms with Gasteiger partial charge in [0.2, 0.25) is 11.8 Å². The molecule has 5 nitrogen and oxygen atoms in total. The summed E-state index contributed by atoms with van der Waals surface area (Å²) in [6.07, 6.45) is 2.41. The molecule has 0 bridgehead atoms. The van der Waals surface area contributed by atoms with Crippen molar-refractivity contribution in [1.29, 1.82) is 0 Å². The van der Waals surface area contributed by atoms with Crippen molar-refractivity contribution >= 4 is 17.5 Å². The van der Waals surface area contributed by atoms with Crippen LogP contribution in [0.3, 0.4) is 0 Å². The number of allylic oxidation sites excluding steroid dienone is 1. The third-order valence-corrected chi connectivity index (χ3v) is 6.63. The number of anilines is 1. The quantitative estimate of drug-likeness (QED) is 0.839. The molecule has 4 atom stereocenters. The molecular weight excluding hydrogens is 314 g/mol. The average Bonchev–Trinajstić information content (AvgIpc) is 3.08. The summed E-state index contributed by atoms with van der Waals surface area (Å²) in [4.78, 5) is 29.7. The number of amides is 2. The van der Waals surface area contributed by atoms with Crippen molar-refractivity contribution in [3.8, 4) is 0 Å². The normalized spacial score (nSPS) is 33.7. The summed E-state index contributed by atoms with van der Waals surface area (Å²) in [5.41, 5.74) is 1.70. The number of piperazine rings is 1. The lowest BCUT2D eigenvalue weighted by atomic mass is 9.60. The number of benzene rings is 1. The molecule has 1 N–H and O–H groups in total. The Labute approximate surface area is 148 Å². The van der Waals surface area contributed by atoms with Gasteiger partial charge < -0.3 is 15.1 Å². The van der Waals surface area contributed by atoms with Gasteiger partial charge in [-0.1, -0.05) is 38.1 Å². The number of hydrogen-bond acceptors (Lipinski definition) is 3. The van der Waals surface area contributed by atoms with Gasteiger partial charge in [-0.2, -0.15) is 0 Å². The summed E-state index contributed by atoms with van der Waals surface area (Å²) >= 11 is 0. The fraction of sp³-hybridized carbons (Fsp3) is 0.500. The largest absolute Gasteiger partial charge is 0.353 e. The number of nitrogens with one attached hydrogen (secondary N) is 1. The van der Waals surface area contributed by atoms with Crippen LogP contribution in [0.1, 0.15) is 32.8 Å². The minimum atomic E-state index is -0.483. The zero-order valence-electron chi connectivity index (χ0n) is 15.2. The molecule has 0 unspecified atom stereocenters. The minimum absolute atomic E-state index is 0.00371. The summed E-state index contributed by atoms with van der Waals surface area (Å²) in [6.45, 7) is 10.2. The first-order valence-corrected chi connectivity index (χ1v) is 8.85. The minimum Gasteiger partial charge on any atom is -0.353 e. The monoisotopic (exact) mass is 339 g/mol. The molecule has 132 valence electrons. The van der Waals surface area contributed by atoms with Crippen molar-refractivity contribution in [2.45, 2.75) is 50.9 Å². The summed E-state index contributed by atoms with van der Waals surface area (Å²) < 4.78 is 0. The molecular formula is C20H25N3O2. The van der Waals surface area contributed by atoms with E-state index >= 15 is 0 Å². The van der Waals surface area contributed by atoms with E-state index in [0.29, 0.717) is 6.42 Å². The molecule has 2 amide bonds. The Morgan fingerprint density at radius 2 is 2.00 bits per heavy atom. The Kier molecular flexibility index (Phi) is 3.15. The number of carbonyl (C=O) groups is 2. The molecule has 3 aliphatic heterocycles. The number of rotatable bonds is 2. The lowest BCUT2D eigenvalue weighted by Crippen LogP contribution is -2.65. The van der Waals surface area contributed by atoms with E-state index < -0.39 is 12.1 Å². The van der Waals surface area contributed by atoms with E-state index in [-0.39, 0.29) is 28.8 Å². The van der Waals surface area contributed by atoms with E-state index in [4.69, 9.17) is 0 Å². The van der Waals surface area contributed by atoms with Gasteiger partial charge in [0.15, 0.2) is 0 Å². The van der Waals surface area contributed by atoms with E-state index in [2.05, 4.69) is 42.8 Å². The lowest BCUT2D eigenvalue weighted by Gasteiger charge is -2.45. The maximum absolute atomic E-state index is 13.0. The molecule has 0 aromatic heterocycles. The Hall–Kier alpha value is -2.30. The van der Waals surface area contributed by atoms with E-state index in [1.54, 1.807) is 6.92 Å². The molecule has 3 aliphatic rings. The molecule has 5 heteroatoms. The Morgan fingerprint density at radius 3 is 2.68 bits per heavy atom. The van der Waals surface area contributed by atoms with E-state index in [1.165, 1.54) is 5.56 Å². The van der Waals surface area contributed by atoms with Crippen LogP contribution in [0.15, 0.2) is 36.9 Å². The number of fused-ring (bicyclic) bond motifs is 5. The number of likely N-dealkylation sites (N-methyl/N-ethyl adjacent to an activating group) is 1. The molecule has 0 spiro atoms. The highest BCUT2D eigenvalue weighted by Gasteiger charge is 2.68. The molecule has 1 aromatic rings. The third kappa shape index (κ3) is 1.73. The van der Waals surface area contributed by atoms with Crippen molar-refractivity contribution in [2.24, 2.45) is 5.41 Å². The first kappa shape index (κ1) is 16.2. The van der Waals surface area contributed by atoms with E-state index in [1.807, 2.05) is 30.2 Å². The van der Waals surface area contributed by atoms with Crippen molar-refractivity contribution in [1.82, 2.24) is 10.2 Å². The second kappa shape index (κ2) is 4.87. The van der Waals surface area contributed by atoms with Gasteiger partial charge >= 0.3 is 0 Å². The average molecular weight is 339 g/mol. The van der Waals surface area contributed by atoms with Crippen LogP contribution in [-0.4, -0.2) is 42.0 Å². The van der Waals surface area contributed by atoms with E-state index in [9.17, 15) is 9.59 Å². The summed E-state index contributed by atoms with van der Waals surface area (Å²) in [5, 5.41) is 2.84. The number of carbonyl (C=O) groups excluding carboxylic acids is 2. The van der Waals surface area contributed by atoms with Crippen molar-refractivity contribution in [2.75, 3.05) is 11.9 Å². The molecule has 2 fully saturated rings. The topological polar surface area (TPSA) is 52.7 Å². The van der Waals surface area contributed by atoms with Crippen LogP contribution in [0.5, 0.6) is 0 Å². The van der Waals surface area contributed by atoms with Crippen LogP contribution < -0.4 is 10.2 Å². The van der Waals surface area contributed by atoms with Crippen LogP contribution in [0.2, 0.25) is 0 Å². The molecule has 0 radical (unpaired) electrons. The summed E-state index contributed by atoms with van der Waals surface area (Å²) in [6, 6.07) is 7.39. The zero-order chi connectivity index (χ0) is 18.1. The highest BCUT2D eigenvalue weighted by Crippen LogP contribution is 2.62. The molecule has 2 saturated heterocycles. The first-order valence-electron chi connectivity index (χ1n) is 8.85. The Balaban J connectivity index is 1.99. The molecule has 25 heavy (non-hydrogen) atoms. The number of para-hydroxylation sites is 1. The third-order valence-electron chi connectivity index (χ3n) is 6.63. The Bertz CT molecular complexity index is 787. The number of hydrogen-bond donors (Lipinski definition) is 1. The van der Waals surface area contributed by atoms with Crippen molar-refractivity contribution in [3.63, 3.8) is 0 Å². The van der Waals surface area contributed by atoms with Gasteiger partial charge in [0, 0.05) is 18.2 Å². The van der Waals surface area contributed by atoms with Gasteiger partial charge in [0.05, 0.1) is 0 Å². The van der Waals surface area contributed by atoms with Crippen molar-refractivity contribution in [3.05, 3.63) is 42.5 Å². The van der Waals surface area contributed by atoms with E-state index in [0.717, 1.165) is 5.69 Å². The van der Waals surface area contributed by atoms with Crippen LogP contribution in [0.4, 0.5) is 5.69 Å². The zero-order valence-corrected chi connectivity index (χ0v) is 15.2. The lowest BCUT2D eigenvalue weighted by molar-refractivity contribution is -0.148. The van der Waals surface area contributed by atoms with Crippen molar-refractivity contribution < 1.29 is 9.59 Å². The van der Waals surface area contributed by atoms with Crippen LogP contribution in [0, 0.1) is 5.41 Å². The van der Waals surface area contributed by atoms with Crippen LogP contribution in [0.25, 0.3) is 0 Å². The second-order valence-electron chi connectivity index (χ2n) is 8.09. The van der Waals surface area contributed by atoms with Gasteiger partial charge in [-0.05, 0) is 30.4 Å². The fourth-order valence-electron chi connectivity index (χ4n) is 5.19. The molecule has 3 heterocycles. The summed E-state index contributed by atoms with van der Waals surface area (Å²) in [7, 11) is 2.03. The highest BCUT2D eigenvalue weighted by molar-refractivity contribution is 5.98. The number of nitrogens with zero attached hydrogens (tertiary/aromatic N) is 2. The van der Waals surface area contributed by atoms with Crippen LogP contribution in [-0.2, 0) is 15.0 Å². The smallest absolute Gasteiger partial charge is 0.247 e.